The number of amides is 1. The maximum absolute atomic E-state index is 12.6. The molecule has 9 nitrogen and oxygen atoms in total. The third-order valence-electron chi connectivity index (χ3n) is 5.45. The average molecular weight is 479 g/mol. The van der Waals surface area contributed by atoms with Gasteiger partial charge in [-0.25, -0.2) is 4.79 Å². The number of nitrogens with zero attached hydrogens (tertiary/aromatic N) is 2. The molecule has 4 rings (SSSR count). The predicted molar refractivity (Wildman–Crippen MR) is 131 cm³/mol. The molecule has 1 unspecified atom stereocenters. The van der Waals surface area contributed by atoms with E-state index in [1.165, 1.54) is 5.56 Å². The van der Waals surface area contributed by atoms with Crippen LogP contribution in [0.15, 0.2) is 70.5 Å². The van der Waals surface area contributed by atoms with Crippen molar-refractivity contribution in [1.29, 1.82) is 0 Å². The largest absolute Gasteiger partial charge is 0.392 e. The maximum Gasteiger partial charge on any atom is 0.326 e. The summed E-state index contributed by atoms with van der Waals surface area (Å²) in [6.45, 7) is 2.53. The van der Waals surface area contributed by atoms with Gasteiger partial charge in [-0.15, -0.1) is 0 Å². The molecule has 1 atom stereocenters. The molecule has 4 aromatic rings. The van der Waals surface area contributed by atoms with Crippen molar-refractivity contribution in [2.75, 3.05) is 5.73 Å². The Morgan fingerprint density at radius 3 is 2.68 bits per heavy atom. The molecule has 0 radical (unpaired) electrons. The van der Waals surface area contributed by atoms with Gasteiger partial charge in [0.1, 0.15) is 11.4 Å². The minimum atomic E-state index is -0.809. The van der Waals surface area contributed by atoms with Gasteiger partial charge >= 0.3 is 5.69 Å². The number of benzene rings is 2. The Morgan fingerprint density at radius 2 is 1.91 bits per heavy atom. The highest BCUT2D eigenvalue weighted by Crippen LogP contribution is 2.23. The van der Waals surface area contributed by atoms with Crippen LogP contribution >= 0.6 is 11.6 Å². The summed E-state index contributed by atoms with van der Waals surface area (Å²) in [5, 5.41) is 7.93. The topological polar surface area (TPSA) is 139 Å². The zero-order chi connectivity index (χ0) is 24.2. The summed E-state index contributed by atoms with van der Waals surface area (Å²) in [6, 6.07) is 15.0. The van der Waals surface area contributed by atoms with E-state index in [2.05, 4.69) is 15.4 Å². The van der Waals surface area contributed by atoms with E-state index in [0.29, 0.717) is 5.02 Å². The highest BCUT2D eigenvalue weighted by Gasteiger charge is 2.17. The van der Waals surface area contributed by atoms with Crippen LogP contribution in [-0.4, -0.2) is 25.7 Å². The molecule has 0 saturated carbocycles. The highest BCUT2D eigenvalue weighted by molar-refractivity contribution is 6.30. The Hall–Kier alpha value is -4.11. The van der Waals surface area contributed by atoms with Crippen molar-refractivity contribution in [2.24, 2.45) is 0 Å². The number of aromatic nitrogens is 4. The number of halogens is 1. The quantitative estimate of drug-likeness (QED) is 0.323. The summed E-state index contributed by atoms with van der Waals surface area (Å²) in [4.78, 5) is 40.0. The summed E-state index contributed by atoms with van der Waals surface area (Å²) in [5.41, 5.74) is 7.34. The number of anilines is 1. The highest BCUT2D eigenvalue weighted by atomic mass is 35.5. The van der Waals surface area contributed by atoms with E-state index in [1.54, 1.807) is 13.1 Å². The number of carbonyl (C=O) groups excluding carboxylic acids is 1. The minimum Gasteiger partial charge on any atom is -0.392 e. The van der Waals surface area contributed by atoms with E-state index in [0.717, 1.165) is 29.7 Å². The summed E-state index contributed by atoms with van der Waals surface area (Å²) in [6.07, 6.45) is 4.60. The van der Waals surface area contributed by atoms with Gasteiger partial charge in [0.2, 0.25) is 0 Å². The number of aryl methyl sites for hydroxylation is 2. The van der Waals surface area contributed by atoms with Gasteiger partial charge in [0, 0.05) is 23.3 Å². The van der Waals surface area contributed by atoms with E-state index < -0.39 is 23.2 Å². The molecule has 0 spiro atoms. The maximum atomic E-state index is 12.6. The van der Waals surface area contributed by atoms with Gasteiger partial charge in [0.05, 0.1) is 12.2 Å². The summed E-state index contributed by atoms with van der Waals surface area (Å²) in [7, 11) is 0. The number of H-pyrrole nitrogens is 2. The van der Waals surface area contributed by atoms with E-state index in [4.69, 9.17) is 17.3 Å². The third kappa shape index (κ3) is 5.26. The predicted octanol–water partition coefficient (Wildman–Crippen LogP) is 2.90. The molecule has 0 aliphatic carbocycles. The van der Waals surface area contributed by atoms with Gasteiger partial charge in [0.25, 0.3) is 11.5 Å². The number of nitrogens with two attached hydrogens (primary N) is 1. The van der Waals surface area contributed by atoms with Crippen LogP contribution < -0.4 is 22.3 Å². The molecule has 0 aliphatic heterocycles. The zero-order valence-corrected chi connectivity index (χ0v) is 19.1. The lowest BCUT2D eigenvalue weighted by Gasteiger charge is -2.15. The van der Waals surface area contributed by atoms with Crippen molar-refractivity contribution in [2.45, 2.75) is 25.9 Å². The summed E-state index contributed by atoms with van der Waals surface area (Å²) >= 11 is 5.94. The fourth-order valence-electron chi connectivity index (χ4n) is 3.54. The Kier molecular flexibility index (Phi) is 6.65. The Bertz CT molecular complexity index is 1440. The SMILES string of the molecule is CC(NC(=O)c1[nH]c(=O)[nH]c(=O)c1N)c1cccc(-c2cnn(CCc3ccc(Cl)cc3)c2)c1. The van der Waals surface area contributed by atoms with E-state index in [9.17, 15) is 14.4 Å². The molecule has 2 heterocycles. The molecule has 0 saturated heterocycles. The van der Waals surface area contributed by atoms with Crippen LogP contribution in [0, 0.1) is 0 Å². The van der Waals surface area contributed by atoms with Crippen molar-refractivity contribution in [1.82, 2.24) is 25.1 Å². The Balaban J connectivity index is 1.45. The van der Waals surface area contributed by atoms with Crippen molar-refractivity contribution in [3.8, 4) is 11.1 Å². The second-order valence-electron chi connectivity index (χ2n) is 7.89. The molecular weight excluding hydrogens is 456 g/mol. The first-order valence-corrected chi connectivity index (χ1v) is 11.0. The van der Waals surface area contributed by atoms with Gasteiger partial charge in [0.15, 0.2) is 0 Å². The van der Waals surface area contributed by atoms with Crippen molar-refractivity contribution in [3.63, 3.8) is 0 Å². The number of rotatable bonds is 7. The van der Waals surface area contributed by atoms with Crippen molar-refractivity contribution < 1.29 is 4.79 Å². The second-order valence-corrected chi connectivity index (χ2v) is 8.32. The average Bonchev–Trinajstić information content (AvgIpc) is 3.30. The second kappa shape index (κ2) is 9.80. The van der Waals surface area contributed by atoms with Crippen LogP contribution in [0.25, 0.3) is 11.1 Å². The van der Waals surface area contributed by atoms with Crippen molar-refractivity contribution in [3.05, 3.63) is 104 Å². The normalized spacial score (nSPS) is 11.8. The molecule has 0 fully saturated rings. The first-order chi connectivity index (χ1) is 16.3. The van der Waals surface area contributed by atoms with Crippen LogP contribution in [0.3, 0.4) is 0 Å². The van der Waals surface area contributed by atoms with Crippen molar-refractivity contribution >= 4 is 23.2 Å². The summed E-state index contributed by atoms with van der Waals surface area (Å²) < 4.78 is 1.88. The van der Waals surface area contributed by atoms with Crippen LogP contribution in [-0.2, 0) is 13.0 Å². The fraction of sp³-hybridized carbons (Fsp3) is 0.167. The van der Waals surface area contributed by atoms with Gasteiger partial charge in [-0.3, -0.25) is 19.3 Å². The molecule has 174 valence electrons. The molecule has 0 aliphatic rings. The molecular formula is C24H23ClN6O3. The zero-order valence-electron chi connectivity index (χ0n) is 18.3. The van der Waals surface area contributed by atoms with Crippen LogP contribution in [0.2, 0.25) is 5.02 Å². The summed E-state index contributed by atoms with van der Waals surface area (Å²) in [5.74, 6) is -0.645. The van der Waals surface area contributed by atoms with E-state index in [-0.39, 0.29) is 11.4 Å². The van der Waals surface area contributed by atoms with Gasteiger partial charge in [-0.2, -0.15) is 5.10 Å². The molecule has 5 N–H and O–H groups in total. The lowest BCUT2D eigenvalue weighted by molar-refractivity contribution is 0.0935. The van der Waals surface area contributed by atoms with E-state index >= 15 is 0 Å². The molecule has 2 aromatic carbocycles. The smallest absolute Gasteiger partial charge is 0.326 e. The van der Waals surface area contributed by atoms with Crippen LogP contribution in [0.1, 0.15) is 34.6 Å². The Labute approximate surface area is 199 Å². The monoisotopic (exact) mass is 478 g/mol. The van der Waals surface area contributed by atoms with E-state index in [1.807, 2.05) is 64.4 Å². The number of carbonyl (C=O) groups is 1. The molecule has 34 heavy (non-hydrogen) atoms. The number of nitrogen functional groups attached to an aromatic ring is 1. The molecule has 1 amide bonds. The van der Waals surface area contributed by atoms with Gasteiger partial charge in [-0.1, -0.05) is 41.9 Å². The number of hydrogen-bond donors (Lipinski definition) is 4. The lowest BCUT2D eigenvalue weighted by Crippen LogP contribution is -2.34. The fourth-order valence-corrected chi connectivity index (χ4v) is 3.67. The first kappa shape index (κ1) is 23.1. The number of aromatic amines is 2. The van der Waals surface area contributed by atoms with Crippen LogP contribution in [0.4, 0.5) is 5.69 Å². The van der Waals surface area contributed by atoms with Crippen LogP contribution in [0.5, 0.6) is 0 Å². The molecule has 10 heteroatoms. The minimum absolute atomic E-state index is 0.265. The first-order valence-electron chi connectivity index (χ1n) is 10.6. The number of nitrogens with one attached hydrogen (secondary N) is 3. The third-order valence-corrected chi connectivity index (χ3v) is 5.70. The Morgan fingerprint density at radius 1 is 1.15 bits per heavy atom. The number of hydrogen-bond acceptors (Lipinski definition) is 5. The van der Waals surface area contributed by atoms with Gasteiger partial charge in [-0.05, 0) is 48.2 Å². The standard InChI is InChI=1S/C24H23ClN6O3/c1-14(28-23(33)21-20(26)22(32)30-24(34)29-21)16-3-2-4-17(11-16)18-12-27-31(13-18)10-9-15-5-7-19(25)8-6-15/h2-8,11-14H,9-10,26H2,1H3,(H,28,33)(H2,29,30,32,34). The lowest BCUT2D eigenvalue weighted by atomic mass is 10.0. The van der Waals surface area contributed by atoms with Gasteiger partial charge < -0.3 is 16.0 Å². The molecule has 0 bridgehead atoms. The molecule has 2 aromatic heterocycles.